The smallest absolute Gasteiger partial charge is 0.255 e. The molecule has 0 unspecified atom stereocenters. The summed E-state index contributed by atoms with van der Waals surface area (Å²) in [6, 6.07) is 23.5. The number of aromatic nitrogens is 1. The zero-order valence-electron chi connectivity index (χ0n) is 18.8. The number of carbonyl (C=O) groups excluding carboxylic acids is 2. The van der Waals surface area contributed by atoms with Gasteiger partial charge in [-0.15, -0.1) is 0 Å². The molecule has 0 aliphatic carbocycles. The Bertz CT molecular complexity index is 1320. The first kappa shape index (κ1) is 21.0. The highest BCUT2D eigenvalue weighted by atomic mass is 16.2. The van der Waals surface area contributed by atoms with Crippen molar-refractivity contribution in [1.82, 2.24) is 9.88 Å². The van der Waals surface area contributed by atoms with E-state index in [0.29, 0.717) is 18.0 Å². The van der Waals surface area contributed by atoms with Crippen LogP contribution < -0.4 is 5.32 Å². The SMILES string of the molecule is CC(C)c1ccc(NC(=O)CCN2C(=O)c3ccccc3[C@H]2c2c[nH]c3ccccc23)cc1. The van der Waals surface area contributed by atoms with Crippen molar-refractivity contribution in [1.29, 1.82) is 0 Å². The molecule has 1 aliphatic rings. The first-order valence-electron chi connectivity index (χ1n) is 11.4. The third-order valence-corrected chi connectivity index (χ3v) is 6.42. The molecular weight excluding hydrogens is 410 g/mol. The highest BCUT2D eigenvalue weighted by Gasteiger charge is 2.38. The summed E-state index contributed by atoms with van der Waals surface area (Å²) in [7, 11) is 0. The van der Waals surface area contributed by atoms with Crippen molar-refractivity contribution < 1.29 is 9.59 Å². The van der Waals surface area contributed by atoms with Gasteiger partial charge >= 0.3 is 0 Å². The first-order chi connectivity index (χ1) is 16.0. The summed E-state index contributed by atoms with van der Waals surface area (Å²) in [5.41, 5.74) is 5.78. The van der Waals surface area contributed by atoms with Crippen LogP contribution in [0.15, 0.2) is 79.0 Å². The topological polar surface area (TPSA) is 65.2 Å². The Labute approximate surface area is 193 Å². The fourth-order valence-corrected chi connectivity index (χ4v) is 4.65. The van der Waals surface area contributed by atoms with Gasteiger partial charge in [0.15, 0.2) is 0 Å². The van der Waals surface area contributed by atoms with Gasteiger partial charge < -0.3 is 15.2 Å². The highest BCUT2D eigenvalue weighted by Crippen LogP contribution is 2.41. The van der Waals surface area contributed by atoms with Crippen LogP contribution in [0.2, 0.25) is 0 Å². The fourth-order valence-electron chi connectivity index (χ4n) is 4.65. The summed E-state index contributed by atoms with van der Waals surface area (Å²) in [6.07, 6.45) is 2.21. The molecule has 1 aliphatic heterocycles. The van der Waals surface area contributed by atoms with E-state index in [0.717, 1.165) is 27.7 Å². The van der Waals surface area contributed by atoms with E-state index in [1.54, 1.807) is 0 Å². The molecule has 4 aromatic rings. The van der Waals surface area contributed by atoms with Crippen LogP contribution in [0.3, 0.4) is 0 Å². The third kappa shape index (κ3) is 3.91. The Morgan fingerprint density at radius 2 is 1.70 bits per heavy atom. The molecule has 5 nitrogen and oxygen atoms in total. The Morgan fingerprint density at radius 1 is 0.970 bits per heavy atom. The monoisotopic (exact) mass is 437 g/mol. The maximum atomic E-state index is 13.3. The van der Waals surface area contributed by atoms with Crippen molar-refractivity contribution in [2.45, 2.75) is 32.2 Å². The summed E-state index contributed by atoms with van der Waals surface area (Å²) in [5, 5.41) is 4.05. The number of aromatic amines is 1. The van der Waals surface area contributed by atoms with E-state index in [9.17, 15) is 9.59 Å². The van der Waals surface area contributed by atoms with Crippen LogP contribution in [0.4, 0.5) is 5.69 Å². The second-order valence-electron chi connectivity index (χ2n) is 8.85. The van der Waals surface area contributed by atoms with Gasteiger partial charge in [-0.25, -0.2) is 0 Å². The van der Waals surface area contributed by atoms with Crippen LogP contribution in [0.5, 0.6) is 0 Å². The number of hydrogen-bond donors (Lipinski definition) is 2. The summed E-state index contributed by atoms with van der Waals surface area (Å²) in [6.45, 7) is 4.62. The standard InChI is InChI=1S/C28H27N3O2/c1-18(2)19-11-13-20(14-12-19)30-26(32)15-16-31-27(22-8-3-4-9-23(22)28(31)33)24-17-29-25-10-6-5-7-21(24)25/h3-14,17-18,27,29H,15-16H2,1-2H3,(H,30,32)/t27-/m0/s1. The molecule has 3 aromatic carbocycles. The molecule has 1 aromatic heterocycles. The largest absolute Gasteiger partial charge is 0.361 e. The molecule has 0 bridgehead atoms. The second kappa shape index (κ2) is 8.58. The minimum atomic E-state index is -0.219. The highest BCUT2D eigenvalue weighted by molar-refractivity contribution is 6.01. The minimum Gasteiger partial charge on any atom is -0.361 e. The van der Waals surface area contributed by atoms with Crippen LogP contribution in [0.1, 0.15) is 59.3 Å². The van der Waals surface area contributed by atoms with Crippen molar-refractivity contribution in [3.63, 3.8) is 0 Å². The van der Waals surface area contributed by atoms with Crippen LogP contribution in [0.25, 0.3) is 10.9 Å². The van der Waals surface area contributed by atoms with Crippen molar-refractivity contribution in [2.24, 2.45) is 0 Å². The Balaban J connectivity index is 1.37. The van der Waals surface area contributed by atoms with Crippen LogP contribution in [-0.4, -0.2) is 28.2 Å². The van der Waals surface area contributed by atoms with Gasteiger partial charge in [0, 0.05) is 46.9 Å². The molecule has 5 heteroatoms. The maximum absolute atomic E-state index is 13.3. The number of benzene rings is 3. The Morgan fingerprint density at radius 3 is 2.48 bits per heavy atom. The molecular formula is C28H27N3O2. The molecule has 33 heavy (non-hydrogen) atoms. The molecule has 1 atom stereocenters. The van der Waals surface area contributed by atoms with E-state index in [4.69, 9.17) is 0 Å². The molecule has 2 amide bonds. The summed E-state index contributed by atoms with van der Waals surface area (Å²) in [5.74, 6) is 0.308. The zero-order valence-corrected chi connectivity index (χ0v) is 18.8. The summed E-state index contributed by atoms with van der Waals surface area (Å²) in [4.78, 5) is 31.2. The molecule has 0 saturated heterocycles. The van der Waals surface area contributed by atoms with Gasteiger partial charge in [0.25, 0.3) is 5.91 Å². The number of anilines is 1. The summed E-state index contributed by atoms with van der Waals surface area (Å²) >= 11 is 0. The molecule has 0 saturated carbocycles. The average Bonchev–Trinajstić information content (AvgIpc) is 3.37. The van der Waals surface area contributed by atoms with E-state index in [1.165, 1.54) is 5.56 Å². The first-order valence-corrected chi connectivity index (χ1v) is 11.4. The molecule has 5 rings (SSSR count). The maximum Gasteiger partial charge on any atom is 0.255 e. The van der Waals surface area contributed by atoms with Gasteiger partial charge in [0.05, 0.1) is 6.04 Å². The number of rotatable bonds is 6. The normalized spacial score (nSPS) is 15.3. The molecule has 2 N–H and O–H groups in total. The quantitative estimate of drug-likeness (QED) is 0.396. The summed E-state index contributed by atoms with van der Waals surface area (Å²) < 4.78 is 0. The van der Waals surface area contributed by atoms with Crippen molar-refractivity contribution in [2.75, 3.05) is 11.9 Å². The van der Waals surface area contributed by atoms with Gasteiger partial charge in [-0.3, -0.25) is 9.59 Å². The lowest BCUT2D eigenvalue weighted by Gasteiger charge is -2.25. The predicted octanol–water partition coefficient (Wildman–Crippen LogP) is 5.87. The Hall–Kier alpha value is -3.86. The van der Waals surface area contributed by atoms with E-state index < -0.39 is 0 Å². The fraction of sp³-hybridized carbons (Fsp3) is 0.214. The number of nitrogens with zero attached hydrogens (tertiary/aromatic N) is 1. The lowest BCUT2D eigenvalue weighted by Crippen LogP contribution is -2.32. The second-order valence-corrected chi connectivity index (χ2v) is 8.85. The number of carbonyl (C=O) groups is 2. The Kier molecular flexibility index (Phi) is 5.47. The molecule has 166 valence electrons. The van der Waals surface area contributed by atoms with Gasteiger partial charge in [0.2, 0.25) is 5.91 Å². The average molecular weight is 438 g/mol. The lowest BCUT2D eigenvalue weighted by atomic mass is 9.97. The van der Waals surface area contributed by atoms with Crippen LogP contribution >= 0.6 is 0 Å². The minimum absolute atomic E-state index is 0.0324. The number of amides is 2. The molecule has 2 heterocycles. The lowest BCUT2D eigenvalue weighted by molar-refractivity contribution is -0.116. The molecule has 0 spiro atoms. The molecule has 0 fully saturated rings. The van der Waals surface area contributed by atoms with Gasteiger partial charge in [-0.2, -0.15) is 0 Å². The number of H-pyrrole nitrogens is 1. The van der Waals surface area contributed by atoms with E-state index in [1.807, 2.05) is 77.8 Å². The number of hydrogen-bond acceptors (Lipinski definition) is 2. The van der Waals surface area contributed by atoms with Gasteiger partial charge in [-0.05, 0) is 41.3 Å². The number of nitrogens with one attached hydrogen (secondary N) is 2. The number of para-hydroxylation sites is 1. The van der Waals surface area contributed by atoms with E-state index in [2.05, 4.69) is 30.2 Å². The third-order valence-electron chi connectivity index (χ3n) is 6.42. The van der Waals surface area contributed by atoms with Crippen molar-refractivity contribution >= 4 is 28.4 Å². The molecule has 0 radical (unpaired) electrons. The number of fused-ring (bicyclic) bond motifs is 2. The van der Waals surface area contributed by atoms with E-state index in [-0.39, 0.29) is 24.3 Å². The van der Waals surface area contributed by atoms with Gasteiger partial charge in [0.1, 0.15) is 0 Å². The van der Waals surface area contributed by atoms with Crippen molar-refractivity contribution in [3.8, 4) is 0 Å². The van der Waals surface area contributed by atoms with E-state index >= 15 is 0 Å². The predicted molar refractivity (Wildman–Crippen MR) is 131 cm³/mol. The van der Waals surface area contributed by atoms with Crippen molar-refractivity contribution in [3.05, 3.63) is 101 Å². The zero-order chi connectivity index (χ0) is 22.9. The van der Waals surface area contributed by atoms with Gasteiger partial charge in [-0.1, -0.05) is 62.4 Å². The van der Waals surface area contributed by atoms with Crippen LogP contribution in [-0.2, 0) is 4.79 Å². The van der Waals surface area contributed by atoms with Crippen LogP contribution in [0, 0.1) is 0 Å².